The smallest absolute Gasteiger partial charge is 0.331 e. The molecule has 1 aromatic carbocycles. The molecule has 2 aliphatic heterocycles. The first-order chi connectivity index (χ1) is 15.3. The van der Waals surface area contributed by atoms with Crippen molar-refractivity contribution in [2.45, 2.75) is 69.5 Å². The molecule has 1 aliphatic carbocycles. The minimum atomic E-state index is -0.373. The number of benzene rings is 1. The molecule has 4 rings (SSSR count). The Morgan fingerprint density at radius 3 is 2.53 bits per heavy atom. The highest BCUT2D eigenvalue weighted by molar-refractivity contribution is 5.87. The number of hydrogen-bond donors (Lipinski definition) is 0. The molecule has 6 nitrogen and oxygen atoms in total. The lowest BCUT2D eigenvalue weighted by Gasteiger charge is -2.42. The Labute approximate surface area is 190 Å². The van der Waals surface area contributed by atoms with Crippen molar-refractivity contribution in [3.8, 4) is 5.75 Å². The summed E-state index contributed by atoms with van der Waals surface area (Å²) in [5.41, 5.74) is 1.62. The van der Waals surface area contributed by atoms with Crippen LogP contribution >= 0.6 is 0 Å². The first-order valence-corrected chi connectivity index (χ1v) is 11.3. The Kier molecular flexibility index (Phi) is 6.48. The van der Waals surface area contributed by atoms with Crippen LogP contribution in [0, 0.1) is 5.92 Å². The third-order valence-electron chi connectivity index (χ3n) is 7.03. The van der Waals surface area contributed by atoms with Gasteiger partial charge in [0.15, 0.2) is 0 Å². The summed E-state index contributed by atoms with van der Waals surface area (Å²) >= 11 is 0. The van der Waals surface area contributed by atoms with Gasteiger partial charge in [0.25, 0.3) is 0 Å². The van der Waals surface area contributed by atoms with Gasteiger partial charge in [-0.25, -0.2) is 4.79 Å². The number of methoxy groups -OCH3 is 2. The molecule has 174 valence electrons. The molecule has 0 bridgehead atoms. The zero-order valence-electron chi connectivity index (χ0n) is 19.6. The zero-order valence-corrected chi connectivity index (χ0v) is 19.6. The van der Waals surface area contributed by atoms with Gasteiger partial charge >= 0.3 is 5.97 Å². The fraction of sp³-hybridized carbons (Fsp3) is 0.577. The van der Waals surface area contributed by atoms with Gasteiger partial charge in [0.05, 0.1) is 25.7 Å². The van der Waals surface area contributed by atoms with Gasteiger partial charge in [-0.2, -0.15) is 0 Å². The minimum absolute atomic E-state index is 0.0210. The maximum absolute atomic E-state index is 12.6. The standard InChI is InChI=1S/C26H34O6/c1-17(2)6-12-21-25(3,32-21)24-23(29-5)20(14-15-26(24)16-30-26)31-22(27)13-9-18-7-10-19(28-4)11-8-18/h6-11,13,20-21,23-24H,12,14-16H2,1-5H3/b13-9+/t20-,21+,23-,24?,25-,26+/m1/s1. The highest BCUT2D eigenvalue weighted by Gasteiger charge is 2.72. The summed E-state index contributed by atoms with van der Waals surface area (Å²) in [6.07, 6.45) is 7.37. The van der Waals surface area contributed by atoms with Crippen LogP contribution in [0.2, 0.25) is 0 Å². The Morgan fingerprint density at radius 1 is 1.22 bits per heavy atom. The van der Waals surface area contributed by atoms with Crippen molar-refractivity contribution >= 4 is 12.0 Å². The molecular weight excluding hydrogens is 408 g/mol. The van der Waals surface area contributed by atoms with Crippen LogP contribution in [0.25, 0.3) is 6.08 Å². The van der Waals surface area contributed by atoms with Crippen LogP contribution in [0.1, 0.15) is 45.6 Å². The molecular formula is C26H34O6. The summed E-state index contributed by atoms with van der Waals surface area (Å²) in [6, 6.07) is 7.50. The number of rotatable bonds is 8. The molecule has 0 radical (unpaired) electrons. The van der Waals surface area contributed by atoms with Crippen molar-refractivity contribution in [3.05, 3.63) is 47.6 Å². The van der Waals surface area contributed by atoms with Crippen LogP contribution in [0.5, 0.6) is 5.75 Å². The zero-order chi connectivity index (χ0) is 22.9. The molecule has 3 aliphatic rings. The normalized spacial score (nSPS) is 35.5. The molecule has 0 aromatic heterocycles. The van der Waals surface area contributed by atoms with E-state index in [9.17, 15) is 4.79 Å². The predicted molar refractivity (Wildman–Crippen MR) is 121 cm³/mol. The Balaban J connectivity index is 1.43. The Bertz CT molecular complexity index is 880. The molecule has 6 heteroatoms. The van der Waals surface area contributed by atoms with Crippen molar-refractivity contribution < 1.29 is 28.5 Å². The second-order valence-electron chi connectivity index (χ2n) is 9.46. The van der Waals surface area contributed by atoms with E-state index in [1.807, 2.05) is 24.3 Å². The minimum Gasteiger partial charge on any atom is -0.497 e. The van der Waals surface area contributed by atoms with Gasteiger partial charge in [-0.1, -0.05) is 23.8 Å². The molecule has 0 N–H and O–H groups in total. The summed E-state index contributed by atoms with van der Waals surface area (Å²) in [5.74, 6) is 0.422. The summed E-state index contributed by atoms with van der Waals surface area (Å²) in [7, 11) is 3.31. The molecule has 0 amide bonds. The number of carbonyl (C=O) groups excluding carboxylic acids is 1. The maximum atomic E-state index is 12.6. The number of carbonyl (C=O) groups is 1. The molecule has 1 saturated carbocycles. The molecule has 3 fully saturated rings. The molecule has 1 aromatic rings. The molecule has 1 unspecified atom stereocenters. The quantitative estimate of drug-likeness (QED) is 0.258. The SMILES string of the molecule is COc1ccc(/C=C/C(=O)O[C@@H]2CC[C@]3(CO3)C([C@]3(C)O[C@H]3CC=C(C)C)[C@@H]2OC)cc1. The van der Waals surface area contributed by atoms with E-state index in [2.05, 4.69) is 26.8 Å². The average molecular weight is 443 g/mol. The van der Waals surface area contributed by atoms with Crippen LogP contribution in [0.4, 0.5) is 0 Å². The number of hydrogen-bond acceptors (Lipinski definition) is 6. The van der Waals surface area contributed by atoms with Crippen LogP contribution in [-0.4, -0.2) is 56.3 Å². The van der Waals surface area contributed by atoms with Gasteiger partial charge in [-0.05, 0) is 63.8 Å². The van der Waals surface area contributed by atoms with Gasteiger partial charge in [0.2, 0.25) is 0 Å². The summed E-state index contributed by atoms with van der Waals surface area (Å²) in [6.45, 7) is 7.05. The summed E-state index contributed by atoms with van der Waals surface area (Å²) in [4.78, 5) is 12.6. The van der Waals surface area contributed by atoms with Gasteiger partial charge < -0.3 is 23.7 Å². The van der Waals surface area contributed by atoms with E-state index in [1.54, 1.807) is 20.3 Å². The second kappa shape index (κ2) is 9.00. The van der Waals surface area contributed by atoms with E-state index in [0.29, 0.717) is 13.0 Å². The molecule has 2 heterocycles. The molecule has 6 atom stereocenters. The van der Waals surface area contributed by atoms with Crippen molar-refractivity contribution in [3.63, 3.8) is 0 Å². The lowest BCUT2D eigenvalue weighted by Crippen LogP contribution is -2.55. The van der Waals surface area contributed by atoms with Crippen LogP contribution in [-0.2, 0) is 23.7 Å². The molecule has 1 spiro atoms. The third kappa shape index (κ3) is 4.63. The van der Waals surface area contributed by atoms with Gasteiger partial charge in [-0.15, -0.1) is 0 Å². The summed E-state index contributed by atoms with van der Waals surface area (Å²) < 4.78 is 29.1. The van der Waals surface area contributed by atoms with E-state index < -0.39 is 0 Å². The van der Waals surface area contributed by atoms with E-state index in [4.69, 9.17) is 23.7 Å². The maximum Gasteiger partial charge on any atom is 0.331 e. The fourth-order valence-corrected chi connectivity index (χ4v) is 5.14. The van der Waals surface area contributed by atoms with Gasteiger partial charge in [0.1, 0.15) is 29.2 Å². The highest BCUT2D eigenvalue weighted by Crippen LogP contribution is 2.59. The average Bonchev–Trinajstić information content (AvgIpc) is 3.69. The van der Waals surface area contributed by atoms with Crippen LogP contribution < -0.4 is 4.74 Å². The highest BCUT2D eigenvalue weighted by atomic mass is 16.6. The summed E-state index contributed by atoms with van der Waals surface area (Å²) in [5, 5.41) is 0. The van der Waals surface area contributed by atoms with Crippen molar-refractivity contribution in [2.24, 2.45) is 5.92 Å². The lowest BCUT2D eigenvalue weighted by atomic mass is 9.68. The van der Waals surface area contributed by atoms with E-state index in [-0.39, 0.29) is 41.4 Å². The largest absolute Gasteiger partial charge is 0.497 e. The molecule has 32 heavy (non-hydrogen) atoms. The number of allylic oxidation sites excluding steroid dienone is 1. The molecule has 2 saturated heterocycles. The Morgan fingerprint density at radius 2 is 1.94 bits per heavy atom. The number of esters is 1. The Hall–Kier alpha value is -2.15. The van der Waals surface area contributed by atoms with Crippen LogP contribution in [0.15, 0.2) is 42.0 Å². The lowest BCUT2D eigenvalue weighted by molar-refractivity contribution is -0.166. The fourth-order valence-electron chi connectivity index (χ4n) is 5.14. The first-order valence-electron chi connectivity index (χ1n) is 11.3. The number of epoxide rings is 2. The van der Waals surface area contributed by atoms with Gasteiger partial charge in [0, 0.05) is 13.2 Å². The second-order valence-corrected chi connectivity index (χ2v) is 9.46. The van der Waals surface area contributed by atoms with E-state index in [1.165, 1.54) is 11.6 Å². The third-order valence-corrected chi connectivity index (χ3v) is 7.03. The van der Waals surface area contributed by atoms with E-state index >= 15 is 0 Å². The first kappa shape index (κ1) is 23.0. The predicted octanol–water partition coefficient (Wildman–Crippen LogP) is 4.33. The van der Waals surface area contributed by atoms with Crippen molar-refractivity contribution in [1.82, 2.24) is 0 Å². The topological polar surface area (TPSA) is 69.8 Å². The van der Waals surface area contributed by atoms with Crippen molar-refractivity contribution in [1.29, 1.82) is 0 Å². The van der Waals surface area contributed by atoms with Crippen molar-refractivity contribution in [2.75, 3.05) is 20.8 Å². The monoisotopic (exact) mass is 442 g/mol. The number of ether oxygens (including phenoxy) is 5. The van der Waals surface area contributed by atoms with E-state index in [0.717, 1.165) is 24.2 Å². The van der Waals surface area contributed by atoms with Gasteiger partial charge in [-0.3, -0.25) is 0 Å². The van der Waals surface area contributed by atoms with Crippen LogP contribution in [0.3, 0.4) is 0 Å².